The van der Waals surface area contributed by atoms with Gasteiger partial charge in [0.15, 0.2) is 16.7 Å². The Bertz CT molecular complexity index is 1740. The molecule has 0 aliphatic carbocycles. The van der Waals surface area contributed by atoms with Crippen LogP contribution in [0, 0.1) is 20.8 Å². The summed E-state index contributed by atoms with van der Waals surface area (Å²) < 4.78 is 11.1. The molecule has 1 atom stereocenters. The molecule has 1 aliphatic rings. The summed E-state index contributed by atoms with van der Waals surface area (Å²) in [5.41, 5.74) is 3.85. The number of nitrogens with zero attached hydrogens (tertiary/aromatic N) is 2. The largest absolute Gasteiger partial charge is 0.503 e. The number of aliphatic hydroxyl groups is 1. The molecular formula is C34H30N2O6S. The van der Waals surface area contributed by atoms with Crippen molar-refractivity contribution in [1.29, 1.82) is 0 Å². The number of benzene rings is 3. The lowest BCUT2D eigenvalue weighted by molar-refractivity contribution is -0.117. The van der Waals surface area contributed by atoms with Gasteiger partial charge in [-0.3, -0.25) is 14.5 Å². The Kier molecular flexibility index (Phi) is 8.54. The minimum absolute atomic E-state index is 0.0244. The van der Waals surface area contributed by atoms with Crippen molar-refractivity contribution >= 4 is 34.1 Å². The molecule has 0 spiro atoms. The molecule has 0 fully saturated rings. The first kappa shape index (κ1) is 29.5. The molecule has 1 N–H and O–H groups in total. The summed E-state index contributed by atoms with van der Waals surface area (Å²) in [5, 5.41) is 11.3. The first-order valence-electron chi connectivity index (χ1n) is 13.6. The maximum absolute atomic E-state index is 14.1. The van der Waals surface area contributed by atoms with Crippen LogP contribution >= 0.6 is 11.3 Å². The van der Waals surface area contributed by atoms with E-state index < -0.39 is 29.5 Å². The Morgan fingerprint density at radius 2 is 1.77 bits per heavy atom. The van der Waals surface area contributed by atoms with E-state index in [0.717, 1.165) is 22.5 Å². The number of carbonyl (C=O) groups excluding carboxylic acids is 3. The molecule has 1 amide bonds. The summed E-state index contributed by atoms with van der Waals surface area (Å²) in [7, 11) is 0. The zero-order valence-electron chi connectivity index (χ0n) is 24.0. The maximum Gasteiger partial charge on any atom is 0.350 e. The van der Waals surface area contributed by atoms with E-state index in [4.69, 9.17) is 9.47 Å². The van der Waals surface area contributed by atoms with Gasteiger partial charge in [0.2, 0.25) is 0 Å². The second kappa shape index (κ2) is 12.5. The van der Waals surface area contributed by atoms with Gasteiger partial charge in [0, 0.05) is 5.56 Å². The average molecular weight is 595 g/mol. The number of ketones is 1. The van der Waals surface area contributed by atoms with Crippen LogP contribution in [-0.4, -0.2) is 34.4 Å². The second-order valence-corrected chi connectivity index (χ2v) is 11.1. The number of rotatable bonds is 10. The fraction of sp³-hybridized carbons (Fsp3) is 0.176. The number of hydrogen-bond donors (Lipinski definition) is 1. The van der Waals surface area contributed by atoms with Gasteiger partial charge in [-0.25, -0.2) is 9.78 Å². The molecule has 1 unspecified atom stereocenters. The van der Waals surface area contributed by atoms with Gasteiger partial charge in [-0.1, -0.05) is 84.2 Å². The number of aliphatic hydroxyl groups excluding tert-OH is 1. The molecule has 1 aliphatic heterocycles. The fourth-order valence-electron chi connectivity index (χ4n) is 4.84. The van der Waals surface area contributed by atoms with Crippen LogP contribution in [0.3, 0.4) is 0 Å². The van der Waals surface area contributed by atoms with E-state index in [0.29, 0.717) is 34.7 Å². The Morgan fingerprint density at radius 3 is 2.44 bits per heavy atom. The van der Waals surface area contributed by atoms with Crippen LogP contribution in [-0.2, 0) is 16.1 Å². The number of thiazole rings is 1. The highest BCUT2D eigenvalue weighted by molar-refractivity contribution is 7.17. The summed E-state index contributed by atoms with van der Waals surface area (Å²) in [5.74, 6) is -1.95. The van der Waals surface area contributed by atoms with Crippen LogP contribution < -0.4 is 9.64 Å². The van der Waals surface area contributed by atoms with Crippen molar-refractivity contribution in [2.45, 2.75) is 33.4 Å². The van der Waals surface area contributed by atoms with Crippen molar-refractivity contribution in [2.75, 3.05) is 11.5 Å². The van der Waals surface area contributed by atoms with Gasteiger partial charge < -0.3 is 14.6 Å². The SMILES string of the molecule is C=CCOC(=O)c1sc(N2C(=O)C(O)=C(C(=O)c3ccc(OCc4ccccc4)cc3C)C2c2ccc(C)cc2)nc1C. The highest BCUT2D eigenvalue weighted by atomic mass is 32.1. The Balaban J connectivity index is 1.50. The third kappa shape index (κ3) is 5.98. The zero-order chi connectivity index (χ0) is 30.7. The van der Waals surface area contributed by atoms with Gasteiger partial charge >= 0.3 is 5.97 Å². The second-order valence-electron chi connectivity index (χ2n) is 10.1. The van der Waals surface area contributed by atoms with Crippen LogP contribution in [0.25, 0.3) is 0 Å². The lowest BCUT2D eigenvalue weighted by Gasteiger charge is -2.25. The Labute approximate surface area is 253 Å². The number of anilines is 1. The van der Waals surface area contributed by atoms with E-state index in [9.17, 15) is 19.5 Å². The summed E-state index contributed by atoms with van der Waals surface area (Å²) in [6.07, 6.45) is 1.45. The van der Waals surface area contributed by atoms with Gasteiger partial charge in [0.1, 0.15) is 23.8 Å². The average Bonchev–Trinajstić information content (AvgIpc) is 3.51. The molecule has 218 valence electrons. The topological polar surface area (TPSA) is 106 Å². The normalized spacial score (nSPS) is 14.6. The minimum Gasteiger partial charge on any atom is -0.503 e. The number of aromatic nitrogens is 1. The smallest absolute Gasteiger partial charge is 0.350 e. The van der Waals surface area contributed by atoms with Crippen molar-refractivity contribution in [3.05, 3.63) is 135 Å². The van der Waals surface area contributed by atoms with E-state index in [1.54, 1.807) is 44.2 Å². The summed E-state index contributed by atoms with van der Waals surface area (Å²) in [6.45, 7) is 9.29. The molecule has 9 heteroatoms. The highest BCUT2D eigenvalue weighted by Crippen LogP contribution is 2.44. The quantitative estimate of drug-likeness (QED) is 0.123. The van der Waals surface area contributed by atoms with E-state index in [1.165, 1.54) is 11.0 Å². The van der Waals surface area contributed by atoms with Crippen molar-refractivity contribution < 1.29 is 29.0 Å². The third-order valence-electron chi connectivity index (χ3n) is 7.05. The molecule has 0 saturated heterocycles. The predicted molar refractivity (Wildman–Crippen MR) is 165 cm³/mol. The Morgan fingerprint density at radius 1 is 1.05 bits per heavy atom. The van der Waals surface area contributed by atoms with Crippen LogP contribution in [0.5, 0.6) is 5.75 Å². The molecule has 1 aromatic heterocycles. The fourth-order valence-corrected chi connectivity index (χ4v) is 5.83. The number of carbonyl (C=O) groups is 3. The molecule has 0 radical (unpaired) electrons. The first-order chi connectivity index (χ1) is 20.7. The van der Waals surface area contributed by atoms with Crippen molar-refractivity contribution in [3.63, 3.8) is 0 Å². The van der Waals surface area contributed by atoms with Gasteiger partial charge in [0.05, 0.1) is 17.3 Å². The molecular weight excluding hydrogens is 564 g/mol. The Hall–Kier alpha value is -5.02. The zero-order valence-corrected chi connectivity index (χ0v) is 24.8. The van der Waals surface area contributed by atoms with E-state index in [2.05, 4.69) is 11.6 Å². The van der Waals surface area contributed by atoms with E-state index in [-0.39, 0.29) is 22.2 Å². The number of ether oxygens (including phenoxy) is 2. The van der Waals surface area contributed by atoms with Gasteiger partial charge in [-0.15, -0.1) is 0 Å². The standard InChI is InChI=1S/C34H30N2O6S/c1-5-17-41-33(40)31-22(4)35-34(43-31)36-28(24-13-11-20(2)12-14-24)27(30(38)32(36)39)29(37)26-16-15-25(18-21(26)3)42-19-23-9-7-6-8-10-23/h5-16,18,28,38H,1,17,19H2,2-4H3. The molecule has 4 aromatic rings. The minimum atomic E-state index is -0.975. The van der Waals surface area contributed by atoms with Gasteiger partial charge in [0.25, 0.3) is 5.91 Å². The van der Waals surface area contributed by atoms with Gasteiger partial charge in [-0.2, -0.15) is 0 Å². The van der Waals surface area contributed by atoms with Crippen LogP contribution in [0.1, 0.15) is 54.0 Å². The van der Waals surface area contributed by atoms with Crippen molar-refractivity contribution in [1.82, 2.24) is 4.98 Å². The predicted octanol–water partition coefficient (Wildman–Crippen LogP) is 6.77. The monoisotopic (exact) mass is 594 g/mol. The number of hydrogen-bond acceptors (Lipinski definition) is 8. The maximum atomic E-state index is 14.1. The van der Waals surface area contributed by atoms with Crippen molar-refractivity contribution in [2.24, 2.45) is 0 Å². The van der Waals surface area contributed by atoms with Crippen LogP contribution in [0.2, 0.25) is 0 Å². The van der Waals surface area contributed by atoms with E-state index >= 15 is 0 Å². The summed E-state index contributed by atoms with van der Waals surface area (Å²) in [6, 6.07) is 21.2. The number of Topliss-reactive ketones (excluding diaryl/α,β-unsaturated/α-hetero) is 1. The lowest BCUT2D eigenvalue weighted by Crippen LogP contribution is -2.31. The molecule has 8 nitrogen and oxygen atoms in total. The lowest BCUT2D eigenvalue weighted by atomic mass is 9.91. The summed E-state index contributed by atoms with van der Waals surface area (Å²) >= 11 is 0.960. The van der Waals surface area contributed by atoms with Gasteiger partial charge in [-0.05, 0) is 55.7 Å². The molecule has 0 saturated carbocycles. The third-order valence-corrected chi connectivity index (χ3v) is 8.18. The molecule has 0 bridgehead atoms. The van der Waals surface area contributed by atoms with Crippen molar-refractivity contribution in [3.8, 4) is 5.75 Å². The molecule has 5 rings (SSSR count). The molecule has 43 heavy (non-hydrogen) atoms. The van der Waals surface area contributed by atoms with Crippen LogP contribution in [0.4, 0.5) is 5.13 Å². The number of esters is 1. The van der Waals surface area contributed by atoms with Crippen LogP contribution in [0.15, 0.2) is 96.8 Å². The molecule has 2 heterocycles. The first-order valence-corrected chi connectivity index (χ1v) is 14.4. The van der Waals surface area contributed by atoms with E-state index in [1.807, 2.05) is 49.4 Å². The number of amides is 1. The number of aryl methyl sites for hydroxylation is 3. The molecule has 3 aromatic carbocycles. The summed E-state index contributed by atoms with van der Waals surface area (Å²) in [4.78, 5) is 46.3. The highest BCUT2D eigenvalue weighted by Gasteiger charge is 2.46.